The monoisotopic (exact) mass is 440 g/mol. The maximum atomic E-state index is 12.8. The number of rotatable bonds is 6. The lowest BCUT2D eigenvalue weighted by atomic mass is 9.96. The van der Waals surface area contributed by atoms with Gasteiger partial charge in [0.15, 0.2) is 0 Å². The van der Waals surface area contributed by atoms with Gasteiger partial charge in [-0.1, -0.05) is 24.3 Å². The standard InChI is InChI=1S/C26H28N6O/c1-31-13-15-32(16-14-31)25(33)11-9-19-5-2-3-6-22(19)23-7-4-12-27-26(23)29-21-10-8-20-18-28-30-24(20)17-21/h2-8,10,12,17-18H,9,11,13-16H2,1H3,(H,27,29)(H,28,30). The number of benzene rings is 2. The second-order valence-corrected chi connectivity index (χ2v) is 8.54. The molecule has 33 heavy (non-hydrogen) atoms. The van der Waals surface area contributed by atoms with Crippen LogP contribution in [0.25, 0.3) is 22.0 Å². The molecule has 3 heterocycles. The summed E-state index contributed by atoms with van der Waals surface area (Å²) in [5.41, 5.74) is 5.18. The number of aromatic amines is 1. The molecule has 1 amide bonds. The molecule has 0 atom stereocenters. The lowest BCUT2D eigenvalue weighted by Gasteiger charge is -2.32. The summed E-state index contributed by atoms with van der Waals surface area (Å²) in [6.07, 6.45) is 4.82. The number of hydrogen-bond acceptors (Lipinski definition) is 5. The Kier molecular flexibility index (Phi) is 6.04. The van der Waals surface area contributed by atoms with E-state index in [0.717, 1.165) is 65.3 Å². The molecule has 1 fully saturated rings. The van der Waals surface area contributed by atoms with Crippen molar-refractivity contribution < 1.29 is 4.79 Å². The van der Waals surface area contributed by atoms with Crippen LogP contribution in [-0.4, -0.2) is 64.1 Å². The van der Waals surface area contributed by atoms with Gasteiger partial charge in [-0.05, 0) is 54.9 Å². The van der Waals surface area contributed by atoms with Gasteiger partial charge in [0.25, 0.3) is 0 Å². The molecule has 2 aromatic carbocycles. The third-order valence-corrected chi connectivity index (χ3v) is 6.28. The first-order valence-corrected chi connectivity index (χ1v) is 11.4. The van der Waals surface area contributed by atoms with Gasteiger partial charge < -0.3 is 15.1 Å². The first kappa shape index (κ1) is 21.2. The molecular formula is C26H28N6O. The fourth-order valence-electron chi connectivity index (χ4n) is 4.33. The van der Waals surface area contributed by atoms with Crippen LogP contribution in [0.2, 0.25) is 0 Å². The predicted molar refractivity (Wildman–Crippen MR) is 131 cm³/mol. The number of H-pyrrole nitrogens is 1. The van der Waals surface area contributed by atoms with Crippen molar-refractivity contribution in [2.45, 2.75) is 12.8 Å². The zero-order chi connectivity index (χ0) is 22.6. The molecule has 0 spiro atoms. The Labute approximate surface area is 193 Å². The number of nitrogens with one attached hydrogen (secondary N) is 2. The number of piperazine rings is 1. The van der Waals surface area contributed by atoms with Gasteiger partial charge in [0.2, 0.25) is 5.91 Å². The summed E-state index contributed by atoms with van der Waals surface area (Å²) in [7, 11) is 2.10. The maximum absolute atomic E-state index is 12.8. The van der Waals surface area contributed by atoms with E-state index in [1.165, 1.54) is 0 Å². The van der Waals surface area contributed by atoms with Crippen LogP contribution >= 0.6 is 0 Å². The smallest absolute Gasteiger partial charge is 0.222 e. The number of aryl methyl sites for hydroxylation is 1. The van der Waals surface area contributed by atoms with Gasteiger partial charge in [0.05, 0.1) is 11.7 Å². The van der Waals surface area contributed by atoms with E-state index < -0.39 is 0 Å². The highest BCUT2D eigenvalue weighted by Crippen LogP contribution is 2.32. The minimum atomic E-state index is 0.232. The average Bonchev–Trinajstić information content (AvgIpc) is 3.32. The highest BCUT2D eigenvalue weighted by Gasteiger charge is 2.19. The number of carbonyl (C=O) groups is 1. The van der Waals surface area contributed by atoms with Crippen molar-refractivity contribution in [1.29, 1.82) is 0 Å². The van der Waals surface area contributed by atoms with Crippen molar-refractivity contribution in [3.8, 4) is 11.1 Å². The second kappa shape index (κ2) is 9.42. The largest absolute Gasteiger partial charge is 0.340 e. The number of anilines is 2. The Balaban J connectivity index is 1.36. The third-order valence-electron chi connectivity index (χ3n) is 6.28. The molecule has 4 aromatic rings. The van der Waals surface area contributed by atoms with Crippen molar-refractivity contribution in [2.75, 3.05) is 38.5 Å². The second-order valence-electron chi connectivity index (χ2n) is 8.54. The SMILES string of the molecule is CN1CCN(C(=O)CCc2ccccc2-c2cccnc2Nc2ccc3cn[nH]c3c2)CC1. The third kappa shape index (κ3) is 4.73. The van der Waals surface area contributed by atoms with Gasteiger partial charge in [-0.3, -0.25) is 9.89 Å². The molecule has 0 unspecified atom stereocenters. The highest BCUT2D eigenvalue weighted by atomic mass is 16.2. The summed E-state index contributed by atoms with van der Waals surface area (Å²) in [4.78, 5) is 21.7. The molecule has 0 radical (unpaired) electrons. The maximum Gasteiger partial charge on any atom is 0.222 e. The number of aromatic nitrogens is 3. The van der Waals surface area contributed by atoms with Crippen LogP contribution in [0.1, 0.15) is 12.0 Å². The Morgan fingerprint density at radius 2 is 1.85 bits per heavy atom. The Morgan fingerprint density at radius 1 is 1.03 bits per heavy atom. The summed E-state index contributed by atoms with van der Waals surface area (Å²) in [6.45, 7) is 3.51. The Hall–Kier alpha value is -3.71. The zero-order valence-electron chi connectivity index (χ0n) is 18.8. The first-order chi connectivity index (χ1) is 16.2. The van der Waals surface area contributed by atoms with E-state index in [4.69, 9.17) is 0 Å². The number of nitrogens with zero attached hydrogens (tertiary/aromatic N) is 4. The number of pyridine rings is 1. The summed E-state index contributed by atoms with van der Waals surface area (Å²) in [6, 6.07) is 18.4. The average molecular weight is 441 g/mol. The van der Waals surface area contributed by atoms with Crippen LogP contribution in [0.4, 0.5) is 11.5 Å². The van der Waals surface area contributed by atoms with Crippen LogP contribution in [0, 0.1) is 0 Å². The van der Waals surface area contributed by atoms with Gasteiger partial charge in [-0.25, -0.2) is 4.98 Å². The van der Waals surface area contributed by atoms with Crippen LogP contribution in [0.5, 0.6) is 0 Å². The summed E-state index contributed by atoms with van der Waals surface area (Å²) < 4.78 is 0. The lowest BCUT2D eigenvalue weighted by Crippen LogP contribution is -2.47. The molecule has 7 heteroatoms. The van der Waals surface area contributed by atoms with E-state index >= 15 is 0 Å². The fraction of sp³-hybridized carbons (Fsp3) is 0.269. The zero-order valence-corrected chi connectivity index (χ0v) is 18.8. The highest BCUT2D eigenvalue weighted by molar-refractivity contribution is 5.85. The van der Waals surface area contributed by atoms with Gasteiger partial charge in [0.1, 0.15) is 5.82 Å². The lowest BCUT2D eigenvalue weighted by molar-refractivity contribution is -0.132. The molecule has 1 aliphatic heterocycles. The van der Waals surface area contributed by atoms with Crippen molar-refractivity contribution in [1.82, 2.24) is 25.0 Å². The molecule has 2 N–H and O–H groups in total. The molecule has 7 nitrogen and oxygen atoms in total. The van der Waals surface area contributed by atoms with E-state index in [0.29, 0.717) is 12.8 Å². The number of fused-ring (bicyclic) bond motifs is 1. The molecule has 2 aromatic heterocycles. The van der Waals surface area contributed by atoms with Crippen LogP contribution in [0.15, 0.2) is 67.0 Å². The minimum absolute atomic E-state index is 0.232. The van der Waals surface area contributed by atoms with Crippen molar-refractivity contribution in [2.24, 2.45) is 0 Å². The molecule has 0 aliphatic carbocycles. The van der Waals surface area contributed by atoms with Gasteiger partial charge >= 0.3 is 0 Å². The predicted octanol–water partition coefficient (Wildman–Crippen LogP) is 4.08. The van der Waals surface area contributed by atoms with Crippen LogP contribution < -0.4 is 5.32 Å². The Morgan fingerprint density at radius 3 is 2.73 bits per heavy atom. The van der Waals surface area contributed by atoms with Crippen molar-refractivity contribution in [3.05, 3.63) is 72.6 Å². The minimum Gasteiger partial charge on any atom is -0.340 e. The summed E-state index contributed by atoms with van der Waals surface area (Å²) in [5.74, 6) is 1.02. The van der Waals surface area contributed by atoms with Gasteiger partial charge in [-0.2, -0.15) is 5.10 Å². The van der Waals surface area contributed by atoms with Gasteiger partial charge in [-0.15, -0.1) is 0 Å². The molecule has 168 valence electrons. The van der Waals surface area contributed by atoms with Gasteiger partial charge in [0, 0.05) is 55.4 Å². The number of hydrogen-bond donors (Lipinski definition) is 2. The fourth-order valence-corrected chi connectivity index (χ4v) is 4.33. The van der Waals surface area contributed by atoms with Crippen molar-refractivity contribution >= 4 is 28.3 Å². The number of amides is 1. The van der Waals surface area contributed by atoms with E-state index in [9.17, 15) is 4.79 Å². The molecule has 0 bridgehead atoms. The topological polar surface area (TPSA) is 77.2 Å². The van der Waals surface area contributed by atoms with Crippen molar-refractivity contribution in [3.63, 3.8) is 0 Å². The number of likely N-dealkylation sites (N-methyl/N-ethyl adjacent to an activating group) is 1. The summed E-state index contributed by atoms with van der Waals surface area (Å²) >= 11 is 0. The number of carbonyl (C=O) groups excluding carboxylic acids is 1. The Bertz CT molecular complexity index is 1260. The van der Waals surface area contributed by atoms with E-state index in [-0.39, 0.29) is 5.91 Å². The quantitative estimate of drug-likeness (QED) is 0.473. The molecule has 0 saturated carbocycles. The molecule has 1 saturated heterocycles. The molecular weight excluding hydrogens is 412 g/mol. The van der Waals surface area contributed by atoms with E-state index in [2.05, 4.69) is 50.6 Å². The van der Waals surface area contributed by atoms with E-state index in [1.807, 2.05) is 47.5 Å². The molecule has 5 rings (SSSR count). The summed E-state index contributed by atoms with van der Waals surface area (Å²) in [5, 5.41) is 11.6. The molecule has 1 aliphatic rings. The van der Waals surface area contributed by atoms with Crippen LogP contribution in [-0.2, 0) is 11.2 Å². The van der Waals surface area contributed by atoms with Crippen LogP contribution in [0.3, 0.4) is 0 Å². The normalized spacial score (nSPS) is 14.5. The first-order valence-electron chi connectivity index (χ1n) is 11.4. The van der Waals surface area contributed by atoms with E-state index in [1.54, 1.807) is 6.20 Å².